The van der Waals surface area contributed by atoms with Crippen LogP contribution in [0.2, 0.25) is 0 Å². The second kappa shape index (κ2) is 11.6. The number of aryl methyl sites for hydroxylation is 2. The van der Waals surface area contributed by atoms with Crippen molar-refractivity contribution in [3.05, 3.63) is 57.4 Å². The van der Waals surface area contributed by atoms with Gasteiger partial charge in [0.15, 0.2) is 5.96 Å². The normalized spacial score (nSPS) is 11.0. The molecule has 0 saturated heterocycles. The van der Waals surface area contributed by atoms with Gasteiger partial charge >= 0.3 is 0 Å². The topological polar surface area (TPSA) is 117 Å². The molecule has 2 heterocycles. The van der Waals surface area contributed by atoms with Gasteiger partial charge in [0.2, 0.25) is 0 Å². The van der Waals surface area contributed by atoms with Crippen molar-refractivity contribution in [1.82, 2.24) is 25.4 Å². The molecule has 164 valence electrons. The van der Waals surface area contributed by atoms with Gasteiger partial charge in [0.05, 0.1) is 17.9 Å². The van der Waals surface area contributed by atoms with Crippen LogP contribution in [0.3, 0.4) is 0 Å². The number of aromatic nitrogens is 3. The summed E-state index contributed by atoms with van der Waals surface area (Å²) in [6, 6.07) is 7.93. The van der Waals surface area contributed by atoms with Gasteiger partial charge in [0.25, 0.3) is 0 Å². The van der Waals surface area contributed by atoms with E-state index < -0.39 is 0 Å². The van der Waals surface area contributed by atoms with E-state index in [1.807, 2.05) is 13.1 Å². The Morgan fingerprint density at radius 2 is 2.06 bits per heavy atom. The quantitative estimate of drug-likeness (QED) is 0.179. The predicted octanol–water partition coefficient (Wildman–Crippen LogP) is 3.15. The van der Waals surface area contributed by atoms with Crippen LogP contribution in [0.1, 0.15) is 27.6 Å². The third-order valence-electron chi connectivity index (χ3n) is 4.36. The van der Waals surface area contributed by atoms with Gasteiger partial charge in [-0.25, -0.2) is 14.1 Å². The Bertz CT molecular complexity index is 1070. The van der Waals surface area contributed by atoms with E-state index in [1.54, 1.807) is 30.5 Å². The summed E-state index contributed by atoms with van der Waals surface area (Å²) in [6.45, 7) is 3.27. The first-order valence-electron chi connectivity index (χ1n) is 9.41. The Kier molecular flexibility index (Phi) is 9.20. The number of nitrogens with one attached hydrogen (secondary N) is 2. The number of thiazole rings is 1. The number of hydrogen-bond acceptors (Lipinski definition) is 6. The fourth-order valence-corrected chi connectivity index (χ4v) is 3.61. The van der Waals surface area contributed by atoms with Gasteiger partial charge in [-0.05, 0) is 44.0 Å². The zero-order chi connectivity index (χ0) is 21.5. The highest BCUT2D eigenvalue weighted by atomic mass is 127. The molecule has 11 heteroatoms. The molecule has 0 bridgehead atoms. The molecular weight excluding hydrogens is 530 g/mol. The minimum absolute atomic E-state index is 0. The van der Waals surface area contributed by atoms with Gasteiger partial charge in [-0.1, -0.05) is 0 Å². The van der Waals surface area contributed by atoms with Crippen LogP contribution in [0.15, 0.2) is 35.5 Å². The molecular formula is C20H24FIN8S. The Morgan fingerprint density at radius 1 is 1.32 bits per heavy atom. The summed E-state index contributed by atoms with van der Waals surface area (Å²) < 4.78 is 14.6. The Hall–Kier alpha value is -2.72. The first-order valence-corrected chi connectivity index (χ1v) is 10.2. The van der Waals surface area contributed by atoms with Crippen molar-refractivity contribution in [3.63, 3.8) is 0 Å². The molecule has 0 radical (unpaired) electrons. The van der Waals surface area contributed by atoms with Crippen LogP contribution < -0.4 is 16.4 Å². The number of nitrogens with zero attached hydrogens (tertiary/aromatic N) is 5. The van der Waals surface area contributed by atoms with E-state index in [2.05, 4.69) is 31.8 Å². The minimum atomic E-state index is -0.344. The van der Waals surface area contributed by atoms with Crippen LogP contribution in [-0.4, -0.2) is 34.3 Å². The van der Waals surface area contributed by atoms with Gasteiger partial charge in [-0.15, -0.1) is 35.3 Å². The number of hydrogen-bond donors (Lipinski definition) is 3. The maximum absolute atomic E-state index is 13.2. The number of rotatable bonds is 7. The third-order valence-corrected chi connectivity index (χ3v) is 5.27. The minimum Gasteiger partial charge on any atom is -0.382 e. The van der Waals surface area contributed by atoms with E-state index in [-0.39, 0.29) is 35.6 Å². The third kappa shape index (κ3) is 6.38. The maximum Gasteiger partial charge on any atom is 0.191 e. The molecule has 0 aliphatic carbocycles. The smallest absolute Gasteiger partial charge is 0.191 e. The Balaban J connectivity index is 0.00000341. The van der Waals surface area contributed by atoms with Crippen molar-refractivity contribution in [2.45, 2.75) is 26.3 Å². The molecule has 3 aromatic rings. The molecule has 0 unspecified atom stereocenters. The van der Waals surface area contributed by atoms with Crippen molar-refractivity contribution in [3.8, 4) is 11.8 Å². The fraction of sp³-hybridized carbons (Fsp3) is 0.300. The van der Waals surface area contributed by atoms with E-state index in [0.29, 0.717) is 42.4 Å². The fourth-order valence-electron chi connectivity index (χ4n) is 2.88. The summed E-state index contributed by atoms with van der Waals surface area (Å²) in [4.78, 5) is 9.69. The Labute approximate surface area is 201 Å². The van der Waals surface area contributed by atoms with Crippen molar-refractivity contribution in [2.24, 2.45) is 4.99 Å². The molecule has 8 nitrogen and oxygen atoms in total. The van der Waals surface area contributed by atoms with Gasteiger partial charge in [-0.2, -0.15) is 10.4 Å². The lowest BCUT2D eigenvalue weighted by molar-refractivity contribution is 0.627. The molecule has 0 amide bonds. The Morgan fingerprint density at radius 3 is 2.68 bits per heavy atom. The van der Waals surface area contributed by atoms with Gasteiger partial charge < -0.3 is 16.4 Å². The first kappa shape index (κ1) is 24.5. The zero-order valence-corrected chi connectivity index (χ0v) is 20.4. The average molecular weight is 554 g/mol. The summed E-state index contributed by atoms with van der Waals surface area (Å²) >= 11 is 1.64. The lowest BCUT2D eigenvalue weighted by atomic mass is 10.1. The maximum atomic E-state index is 13.2. The monoisotopic (exact) mass is 554 g/mol. The van der Waals surface area contributed by atoms with Crippen LogP contribution in [0, 0.1) is 24.1 Å². The number of aliphatic imine (C=N–C) groups is 1. The molecule has 31 heavy (non-hydrogen) atoms. The van der Waals surface area contributed by atoms with Crippen LogP contribution in [0.4, 0.5) is 10.2 Å². The first-order chi connectivity index (χ1) is 14.5. The second-order valence-electron chi connectivity index (χ2n) is 6.53. The van der Waals surface area contributed by atoms with E-state index in [0.717, 1.165) is 11.4 Å². The molecule has 2 aromatic heterocycles. The number of nitrogen functional groups attached to an aromatic ring is 1. The summed E-state index contributed by atoms with van der Waals surface area (Å²) in [5, 5.41) is 21.4. The summed E-state index contributed by atoms with van der Waals surface area (Å²) in [7, 11) is 1.71. The van der Waals surface area contributed by atoms with Crippen LogP contribution in [-0.2, 0) is 13.0 Å². The van der Waals surface area contributed by atoms with Gasteiger partial charge in [0.1, 0.15) is 28.3 Å². The number of benzene rings is 1. The summed E-state index contributed by atoms with van der Waals surface area (Å²) in [5.74, 6) is 0.589. The van der Waals surface area contributed by atoms with Crippen molar-refractivity contribution in [2.75, 3.05) is 19.3 Å². The van der Waals surface area contributed by atoms with Gasteiger partial charge in [0, 0.05) is 24.7 Å². The van der Waals surface area contributed by atoms with Crippen LogP contribution >= 0.6 is 35.3 Å². The summed E-state index contributed by atoms with van der Waals surface area (Å²) in [5.41, 5.74) is 7.66. The molecule has 0 aliphatic heterocycles. The van der Waals surface area contributed by atoms with Crippen molar-refractivity contribution in [1.29, 1.82) is 5.26 Å². The molecule has 1 aromatic carbocycles. The van der Waals surface area contributed by atoms with E-state index >= 15 is 0 Å². The molecule has 0 fully saturated rings. The average Bonchev–Trinajstić information content (AvgIpc) is 3.30. The largest absolute Gasteiger partial charge is 0.382 e. The SMILES string of the molecule is CN=C(NCCCc1nn(-c2ccc(F)cc2)c(N)c1C#N)NCc1ncc(C)s1.I. The molecule has 0 aliphatic rings. The number of nitriles is 1. The van der Waals surface area contributed by atoms with Crippen molar-refractivity contribution < 1.29 is 4.39 Å². The number of halogens is 2. The van der Waals surface area contributed by atoms with Crippen molar-refractivity contribution >= 4 is 47.1 Å². The molecule has 0 saturated carbocycles. The standard InChI is InChI=1S/C20H23FN8S.HI/c1-13-11-26-18(30-13)12-27-20(24-2)25-9-3-4-17-16(10-22)19(23)29(28-17)15-7-5-14(21)6-8-15;/h5-8,11H,3-4,9,12,23H2,1-2H3,(H2,24,25,27);1H. The van der Waals surface area contributed by atoms with Crippen LogP contribution in [0.25, 0.3) is 5.69 Å². The van der Waals surface area contributed by atoms with Gasteiger partial charge in [-0.3, -0.25) is 4.99 Å². The summed E-state index contributed by atoms with van der Waals surface area (Å²) in [6.07, 6.45) is 3.14. The number of anilines is 1. The van der Waals surface area contributed by atoms with E-state index in [9.17, 15) is 9.65 Å². The molecule has 0 spiro atoms. The lowest BCUT2D eigenvalue weighted by Gasteiger charge is -2.10. The predicted molar refractivity (Wildman–Crippen MR) is 131 cm³/mol. The van der Waals surface area contributed by atoms with Crippen LogP contribution in [0.5, 0.6) is 0 Å². The highest BCUT2D eigenvalue weighted by Crippen LogP contribution is 2.21. The molecule has 0 atom stereocenters. The van der Waals surface area contributed by atoms with E-state index in [4.69, 9.17) is 5.73 Å². The highest BCUT2D eigenvalue weighted by molar-refractivity contribution is 14.0. The molecule has 3 rings (SSSR count). The molecule has 4 N–H and O–H groups in total. The number of nitrogens with two attached hydrogens (primary N) is 1. The second-order valence-corrected chi connectivity index (χ2v) is 7.85. The zero-order valence-electron chi connectivity index (χ0n) is 17.2. The highest BCUT2D eigenvalue weighted by Gasteiger charge is 2.16. The lowest BCUT2D eigenvalue weighted by Crippen LogP contribution is -2.37. The van der Waals surface area contributed by atoms with E-state index in [1.165, 1.54) is 21.7 Å². The number of guanidine groups is 1.